The Hall–Kier alpha value is -4.40. The summed E-state index contributed by atoms with van der Waals surface area (Å²) in [6.07, 6.45) is 1.52. The molecule has 2 heterocycles. The highest BCUT2D eigenvalue weighted by Crippen LogP contribution is 2.24. The summed E-state index contributed by atoms with van der Waals surface area (Å²) in [5.74, 6) is -0.597. The van der Waals surface area contributed by atoms with Crippen molar-refractivity contribution in [2.24, 2.45) is 0 Å². The lowest BCUT2D eigenvalue weighted by atomic mass is 10.1. The molecule has 0 aliphatic rings. The first-order chi connectivity index (χ1) is 14.6. The fourth-order valence-corrected chi connectivity index (χ4v) is 2.64. The minimum Gasteiger partial charge on any atom is -0.334 e. The van der Waals surface area contributed by atoms with Gasteiger partial charge in [-0.25, -0.2) is 14.2 Å². The van der Waals surface area contributed by atoms with Gasteiger partial charge in [0.15, 0.2) is 0 Å². The molecule has 0 atom stereocenters. The van der Waals surface area contributed by atoms with Crippen LogP contribution in [0, 0.1) is 5.82 Å². The number of carbonyl (C=O) groups is 2. The summed E-state index contributed by atoms with van der Waals surface area (Å²) >= 11 is 0. The average Bonchev–Trinajstić information content (AvgIpc) is 3.25. The molecule has 0 spiro atoms. The van der Waals surface area contributed by atoms with E-state index in [0.717, 1.165) is 0 Å². The third-order valence-electron chi connectivity index (χ3n) is 4.05. The van der Waals surface area contributed by atoms with Gasteiger partial charge in [0.1, 0.15) is 11.6 Å². The fraction of sp³-hybridized carbons (Fsp3) is 0. The van der Waals surface area contributed by atoms with E-state index in [2.05, 4.69) is 25.8 Å². The van der Waals surface area contributed by atoms with E-state index in [9.17, 15) is 14.0 Å². The minimum atomic E-state index is -0.717. The number of imide groups is 1. The van der Waals surface area contributed by atoms with E-state index in [0.29, 0.717) is 11.4 Å². The maximum absolute atomic E-state index is 13.9. The van der Waals surface area contributed by atoms with Gasteiger partial charge in [-0.1, -0.05) is 35.5 Å². The Morgan fingerprint density at radius 1 is 0.967 bits per heavy atom. The van der Waals surface area contributed by atoms with Crippen LogP contribution in [0.15, 0.2) is 77.4 Å². The SMILES string of the molecule is O=C(NC(=O)c1cccc(-c2noc(-c3ccccc3F)n2)c1)Nc1ccccn1. The monoisotopic (exact) mass is 403 g/mol. The molecule has 2 aromatic heterocycles. The molecule has 0 aliphatic carbocycles. The number of benzene rings is 2. The molecule has 9 heteroatoms. The summed E-state index contributed by atoms with van der Waals surface area (Å²) in [6, 6.07) is 16.6. The van der Waals surface area contributed by atoms with Crippen LogP contribution in [0.3, 0.4) is 0 Å². The minimum absolute atomic E-state index is 0.0210. The molecule has 30 heavy (non-hydrogen) atoms. The number of hydrogen-bond acceptors (Lipinski definition) is 6. The Labute approximate surface area is 169 Å². The molecule has 0 aliphatic heterocycles. The first-order valence-corrected chi connectivity index (χ1v) is 8.82. The number of halogens is 1. The first kappa shape index (κ1) is 18.9. The lowest BCUT2D eigenvalue weighted by Crippen LogP contribution is -2.34. The van der Waals surface area contributed by atoms with Crippen LogP contribution in [0.4, 0.5) is 15.0 Å². The number of rotatable bonds is 4. The molecule has 0 unspecified atom stereocenters. The van der Waals surface area contributed by atoms with Crippen molar-refractivity contribution in [3.05, 3.63) is 84.3 Å². The van der Waals surface area contributed by atoms with Crippen molar-refractivity contribution >= 4 is 17.8 Å². The van der Waals surface area contributed by atoms with Crippen LogP contribution >= 0.6 is 0 Å². The smallest absolute Gasteiger partial charge is 0.327 e. The molecule has 0 saturated carbocycles. The van der Waals surface area contributed by atoms with E-state index in [1.165, 1.54) is 30.5 Å². The van der Waals surface area contributed by atoms with E-state index >= 15 is 0 Å². The lowest BCUT2D eigenvalue weighted by molar-refractivity contribution is 0.0967. The third kappa shape index (κ3) is 4.20. The third-order valence-corrected chi connectivity index (χ3v) is 4.05. The van der Waals surface area contributed by atoms with Crippen molar-refractivity contribution in [1.82, 2.24) is 20.4 Å². The highest BCUT2D eigenvalue weighted by molar-refractivity contribution is 6.08. The predicted octanol–water partition coefficient (Wildman–Crippen LogP) is 3.90. The molecule has 0 bridgehead atoms. The average molecular weight is 403 g/mol. The molecule has 3 amide bonds. The number of nitrogens with one attached hydrogen (secondary N) is 2. The van der Waals surface area contributed by atoms with Crippen LogP contribution in [0.2, 0.25) is 0 Å². The second kappa shape index (κ2) is 8.31. The summed E-state index contributed by atoms with van der Waals surface area (Å²) in [7, 11) is 0. The zero-order chi connectivity index (χ0) is 20.9. The highest BCUT2D eigenvalue weighted by Gasteiger charge is 2.16. The molecular formula is C21H14FN5O3. The van der Waals surface area contributed by atoms with Crippen LogP contribution in [-0.2, 0) is 0 Å². The number of nitrogens with zero attached hydrogens (tertiary/aromatic N) is 3. The van der Waals surface area contributed by atoms with E-state index in [-0.39, 0.29) is 22.8 Å². The van der Waals surface area contributed by atoms with Gasteiger partial charge in [-0.05, 0) is 36.4 Å². The zero-order valence-corrected chi connectivity index (χ0v) is 15.4. The van der Waals surface area contributed by atoms with Crippen molar-refractivity contribution in [2.75, 3.05) is 5.32 Å². The summed E-state index contributed by atoms with van der Waals surface area (Å²) in [5.41, 5.74) is 0.858. The van der Waals surface area contributed by atoms with Gasteiger partial charge in [0, 0.05) is 17.3 Å². The molecule has 0 radical (unpaired) electrons. The van der Waals surface area contributed by atoms with E-state index in [1.54, 1.807) is 42.5 Å². The Bertz CT molecular complexity index is 1210. The number of hydrogen-bond donors (Lipinski definition) is 2. The lowest BCUT2D eigenvalue weighted by Gasteiger charge is -2.06. The van der Waals surface area contributed by atoms with Crippen LogP contribution in [0.1, 0.15) is 10.4 Å². The van der Waals surface area contributed by atoms with E-state index in [1.807, 2.05) is 0 Å². The highest BCUT2D eigenvalue weighted by atomic mass is 19.1. The second-order valence-electron chi connectivity index (χ2n) is 6.11. The maximum Gasteiger partial charge on any atom is 0.327 e. The molecule has 2 N–H and O–H groups in total. The van der Waals surface area contributed by atoms with Gasteiger partial charge in [-0.2, -0.15) is 4.98 Å². The standard InChI is InChI=1S/C21H14FN5O3/c22-16-9-2-1-8-15(16)20-25-18(27-30-20)13-6-5-7-14(12-13)19(28)26-21(29)24-17-10-3-4-11-23-17/h1-12H,(H2,23,24,26,28,29). The molecule has 4 rings (SSSR count). The maximum atomic E-state index is 13.9. The number of aromatic nitrogens is 3. The number of pyridine rings is 1. The van der Waals surface area contributed by atoms with Gasteiger partial charge in [-0.15, -0.1) is 0 Å². The van der Waals surface area contributed by atoms with Gasteiger partial charge in [-0.3, -0.25) is 15.4 Å². The first-order valence-electron chi connectivity index (χ1n) is 8.82. The van der Waals surface area contributed by atoms with Gasteiger partial charge in [0.2, 0.25) is 5.82 Å². The number of carbonyl (C=O) groups excluding carboxylic acids is 2. The second-order valence-corrected chi connectivity index (χ2v) is 6.11. The number of anilines is 1. The summed E-state index contributed by atoms with van der Waals surface area (Å²) in [5, 5.41) is 8.53. The summed E-state index contributed by atoms with van der Waals surface area (Å²) in [6.45, 7) is 0. The van der Waals surface area contributed by atoms with Gasteiger partial charge in [0.05, 0.1) is 5.56 Å². The molecule has 4 aromatic rings. The van der Waals surface area contributed by atoms with Crippen molar-refractivity contribution in [3.63, 3.8) is 0 Å². The Kier molecular flexibility index (Phi) is 5.25. The Balaban J connectivity index is 1.50. The van der Waals surface area contributed by atoms with Gasteiger partial charge >= 0.3 is 6.03 Å². The topological polar surface area (TPSA) is 110 Å². The quantitative estimate of drug-likeness (QED) is 0.535. The van der Waals surface area contributed by atoms with Gasteiger partial charge < -0.3 is 4.52 Å². The van der Waals surface area contributed by atoms with Crippen molar-refractivity contribution in [3.8, 4) is 22.8 Å². The van der Waals surface area contributed by atoms with Crippen molar-refractivity contribution in [2.45, 2.75) is 0 Å². The largest absolute Gasteiger partial charge is 0.334 e. The van der Waals surface area contributed by atoms with Gasteiger partial charge in [0.25, 0.3) is 11.8 Å². The molecular weight excluding hydrogens is 389 g/mol. The molecule has 148 valence electrons. The molecule has 2 aromatic carbocycles. The molecule has 0 fully saturated rings. The Morgan fingerprint density at radius 3 is 2.60 bits per heavy atom. The summed E-state index contributed by atoms with van der Waals surface area (Å²) < 4.78 is 19.1. The van der Waals surface area contributed by atoms with Crippen LogP contribution in [0.5, 0.6) is 0 Å². The number of urea groups is 1. The predicted molar refractivity (Wildman–Crippen MR) is 106 cm³/mol. The van der Waals surface area contributed by atoms with E-state index in [4.69, 9.17) is 4.52 Å². The fourth-order valence-electron chi connectivity index (χ4n) is 2.64. The van der Waals surface area contributed by atoms with Crippen molar-refractivity contribution in [1.29, 1.82) is 0 Å². The normalized spacial score (nSPS) is 10.4. The van der Waals surface area contributed by atoms with Crippen LogP contribution < -0.4 is 10.6 Å². The molecule has 8 nitrogen and oxygen atoms in total. The Morgan fingerprint density at radius 2 is 1.80 bits per heavy atom. The van der Waals surface area contributed by atoms with Crippen LogP contribution in [0.25, 0.3) is 22.8 Å². The number of amides is 3. The van der Waals surface area contributed by atoms with Crippen molar-refractivity contribution < 1.29 is 18.5 Å². The summed E-state index contributed by atoms with van der Waals surface area (Å²) in [4.78, 5) is 32.5. The molecule has 0 saturated heterocycles. The van der Waals surface area contributed by atoms with E-state index < -0.39 is 17.8 Å². The van der Waals surface area contributed by atoms with Crippen LogP contribution in [-0.4, -0.2) is 27.1 Å². The zero-order valence-electron chi connectivity index (χ0n) is 15.4.